The van der Waals surface area contributed by atoms with Crippen molar-refractivity contribution in [1.82, 2.24) is 5.32 Å². The first-order valence-electron chi connectivity index (χ1n) is 11.9. The Morgan fingerprint density at radius 1 is 1.16 bits per heavy atom. The lowest BCUT2D eigenvalue weighted by Crippen LogP contribution is -2.48. The number of methoxy groups -OCH3 is 1. The van der Waals surface area contributed by atoms with Gasteiger partial charge in [0.25, 0.3) is 5.91 Å². The molecule has 12 heteroatoms. The van der Waals surface area contributed by atoms with Crippen LogP contribution in [0.25, 0.3) is 0 Å². The number of amides is 3. The first-order chi connectivity index (χ1) is 18.0. The van der Waals surface area contributed by atoms with Gasteiger partial charge in [0.1, 0.15) is 0 Å². The normalized spacial score (nSPS) is 16.8. The Balaban J connectivity index is 2.01. The van der Waals surface area contributed by atoms with Gasteiger partial charge in [-0.3, -0.25) is 14.4 Å². The molecule has 3 atom stereocenters. The molecule has 0 fully saturated rings. The highest BCUT2D eigenvalue weighted by Crippen LogP contribution is 2.38. The number of hydrogen-bond acceptors (Lipinski definition) is 5. The van der Waals surface area contributed by atoms with E-state index in [1.807, 2.05) is 6.07 Å². The average Bonchev–Trinajstić information content (AvgIpc) is 2.99. The zero-order valence-corrected chi connectivity index (χ0v) is 22.4. The number of rotatable bonds is 10. The summed E-state index contributed by atoms with van der Waals surface area (Å²) in [5.74, 6) is -4.68. The smallest absolute Gasteiger partial charge is 0.389 e. The summed E-state index contributed by atoms with van der Waals surface area (Å²) in [6.07, 6.45) is -7.36. The van der Waals surface area contributed by atoms with E-state index in [0.717, 1.165) is 0 Å². The number of nitrogens with one attached hydrogen (secondary N) is 2. The van der Waals surface area contributed by atoms with Crippen LogP contribution in [-0.4, -0.2) is 42.9 Å². The highest BCUT2D eigenvalue weighted by atomic mass is 79.9. The third-order valence-electron chi connectivity index (χ3n) is 6.18. The highest BCUT2D eigenvalue weighted by Gasteiger charge is 2.38. The number of halogens is 4. The fourth-order valence-electron chi connectivity index (χ4n) is 4.38. The van der Waals surface area contributed by atoms with Gasteiger partial charge in [-0.1, -0.05) is 43.7 Å². The van der Waals surface area contributed by atoms with Crippen LogP contribution in [-0.2, 0) is 14.4 Å². The van der Waals surface area contributed by atoms with E-state index < -0.39 is 54.7 Å². The Bertz CT molecular complexity index is 1220. The minimum Gasteiger partial charge on any atom is -0.493 e. The number of alkyl halides is 3. The van der Waals surface area contributed by atoms with Gasteiger partial charge in [0.2, 0.25) is 18.0 Å². The zero-order valence-electron chi connectivity index (χ0n) is 20.8. The van der Waals surface area contributed by atoms with Crippen molar-refractivity contribution in [1.29, 1.82) is 0 Å². The number of hydrogen-bond donors (Lipinski definition) is 3. The van der Waals surface area contributed by atoms with E-state index in [4.69, 9.17) is 10.5 Å². The number of nitrogens with two attached hydrogens (primary N) is 1. The minimum atomic E-state index is -4.52. The second-order valence-electron chi connectivity index (χ2n) is 8.81. The molecule has 2 aromatic rings. The summed E-state index contributed by atoms with van der Waals surface area (Å²) in [4.78, 5) is 43.2. The molecule has 0 bridgehead atoms. The van der Waals surface area contributed by atoms with Crippen LogP contribution in [0.15, 0.2) is 51.9 Å². The molecule has 204 valence electrons. The lowest BCUT2D eigenvalue weighted by Gasteiger charge is -2.25. The number of benzodiazepines with no additional fused rings is 1. The summed E-state index contributed by atoms with van der Waals surface area (Å²) in [5, 5.41) is 5.27. The van der Waals surface area contributed by atoms with Crippen molar-refractivity contribution in [3.63, 3.8) is 0 Å². The highest BCUT2D eigenvalue weighted by molar-refractivity contribution is 9.10. The predicted molar refractivity (Wildman–Crippen MR) is 140 cm³/mol. The SMILES string of the molecule is CCC[C@H](C(=O)N[C@H]1N=C(c2ccccc2)c2ccc(Br)c(OC)c2NC1=O)[C@@H](CCC(F)(F)F)C(N)=O. The van der Waals surface area contributed by atoms with Crippen LogP contribution in [0, 0.1) is 11.8 Å². The topological polar surface area (TPSA) is 123 Å². The molecule has 38 heavy (non-hydrogen) atoms. The molecule has 1 aliphatic heterocycles. The molecule has 3 rings (SSSR count). The summed E-state index contributed by atoms with van der Waals surface area (Å²) in [7, 11) is 1.44. The molecule has 0 spiro atoms. The Hall–Kier alpha value is -3.41. The van der Waals surface area contributed by atoms with Crippen LogP contribution in [0.4, 0.5) is 18.9 Å². The van der Waals surface area contributed by atoms with Crippen LogP contribution >= 0.6 is 15.9 Å². The van der Waals surface area contributed by atoms with Crippen molar-refractivity contribution in [2.45, 2.75) is 44.9 Å². The maximum atomic E-state index is 13.3. The molecule has 8 nitrogen and oxygen atoms in total. The number of carbonyl (C=O) groups is 3. The van der Waals surface area contributed by atoms with Gasteiger partial charge in [-0.15, -0.1) is 0 Å². The second kappa shape index (κ2) is 12.4. The molecular weight excluding hydrogens is 569 g/mol. The second-order valence-corrected chi connectivity index (χ2v) is 9.66. The maximum Gasteiger partial charge on any atom is 0.389 e. The van der Waals surface area contributed by atoms with Crippen LogP contribution in [0.1, 0.15) is 43.7 Å². The quantitative estimate of drug-likeness (QED) is 0.372. The van der Waals surface area contributed by atoms with Gasteiger partial charge < -0.3 is 21.1 Å². The van der Waals surface area contributed by atoms with E-state index in [1.54, 1.807) is 43.3 Å². The standard InChI is InChI=1S/C26H28BrF3N4O4/c1-3-7-16(15(22(31)35)12-13-26(28,29)30)24(36)34-23-25(37)33-20-17(10-11-18(27)21(20)38-2)19(32-23)14-8-5-4-6-9-14/h4-6,8-11,15-16,23H,3,7,12-13H2,1-2H3,(H2,31,35)(H,33,37)(H,34,36)/t15-,16+,23-/m1/s1. The van der Waals surface area contributed by atoms with E-state index in [-0.39, 0.29) is 6.42 Å². The molecule has 0 aromatic heterocycles. The van der Waals surface area contributed by atoms with Gasteiger partial charge >= 0.3 is 6.18 Å². The van der Waals surface area contributed by atoms with Crippen molar-refractivity contribution in [3.05, 3.63) is 58.1 Å². The van der Waals surface area contributed by atoms with Gasteiger partial charge in [-0.2, -0.15) is 13.2 Å². The van der Waals surface area contributed by atoms with Crippen molar-refractivity contribution in [2.24, 2.45) is 22.6 Å². The van der Waals surface area contributed by atoms with Crippen molar-refractivity contribution < 1.29 is 32.3 Å². The largest absolute Gasteiger partial charge is 0.493 e. The number of nitrogens with zero attached hydrogens (tertiary/aromatic N) is 1. The van der Waals surface area contributed by atoms with E-state index >= 15 is 0 Å². The predicted octanol–water partition coefficient (Wildman–Crippen LogP) is 4.55. The fourth-order valence-corrected chi connectivity index (χ4v) is 4.87. The molecule has 1 heterocycles. The summed E-state index contributed by atoms with van der Waals surface area (Å²) in [6, 6.07) is 12.4. The first kappa shape index (κ1) is 29.2. The van der Waals surface area contributed by atoms with Crippen molar-refractivity contribution >= 4 is 45.1 Å². The first-order valence-corrected chi connectivity index (χ1v) is 12.7. The van der Waals surface area contributed by atoms with E-state index in [2.05, 4.69) is 31.6 Å². The number of anilines is 1. The molecule has 4 N–H and O–H groups in total. The molecule has 1 aliphatic rings. The Morgan fingerprint density at radius 3 is 2.42 bits per heavy atom. The van der Waals surface area contributed by atoms with Gasteiger partial charge in [0.05, 0.1) is 23.0 Å². The molecule has 0 radical (unpaired) electrons. The molecule has 0 saturated carbocycles. The maximum absolute atomic E-state index is 13.3. The van der Waals surface area contributed by atoms with E-state index in [9.17, 15) is 27.6 Å². The summed E-state index contributed by atoms with van der Waals surface area (Å²) < 4.78 is 44.7. The van der Waals surface area contributed by atoms with Crippen LogP contribution < -0.4 is 21.1 Å². The number of ether oxygens (including phenoxy) is 1. The summed E-state index contributed by atoms with van der Waals surface area (Å²) in [5.41, 5.74) is 7.31. The molecule has 2 aromatic carbocycles. The third kappa shape index (κ3) is 6.91. The van der Waals surface area contributed by atoms with Gasteiger partial charge in [0.15, 0.2) is 5.75 Å². The fraction of sp³-hybridized carbons (Fsp3) is 0.385. The van der Waals surface area contributed by atoms with Crippen LogP contribution in [0.2, 0.25) is 0 Å². The molecule has 0 aliphatic carbocycles. The van der Waals surface area contributed by atoms with E-state index in [1.165, 1.54) is 7.11 Å². The molecule has 3 amide bonds. The number of benzene rings is 2. The molecule has 0 unspecified atom stereocenters. The molecular formula is C26H28BrF3N4O4. The third-order valence-corrected chi connectivity index (χ3v) is 6.80. The average molecular weight is 597 g/mol. The van der Waals surface area contributed by atoms with Gasteiger partial charge in [-0.05, 0) is 40.9 Å². The lowest BCUT2D eigenvalue weighted by molar-refractivity contribution is -0.145. The zero-order chi connectivity index (χ0) is 28.0. The van der Waals surface area contributed by atoms with Gasteiger partial charge in [-0.25, -0.2) is 4.99 Å². The Labute approximate surface area is 226 Å². The number of carbonyl (C=O) groups excluding carboxylic acids is 3. The monoisotopic (exact) mass is 596 g/mol. The van der Waals surface area contributed by atoms with E-state index in [0.29, 0.717) is 39.2 Å². The minimum absolute atomic E-state index is 0.0991. The van der Waals surface area contributed by atoms with Gasteiger partial charge in [0, 0.05) is 29.4 Å². The lowest BCUT2D eigenvalue weighted by atomic mass is 9.83. The molecule has 0 saturated heterocycles. The van der Waals surface area contributed by atoms with Crippen molar-refractivity contribution in [3.8, 4) is 5.75 Å². The van der Waals surface area contributed by atoms with Crippen LogP contribution in [0.5, 0.6) is 5.75 Å². The summed E-state index contributed by atoms with van der Waals surface area (Å²) in [6.45, 7) is 1.73. The number of fused-ring (bicyclic) bond motifs is 1. The Morgan fingerprint density at radius 2 is 1.84 bits per heavy atom. The number of aliphatic imine (C=N–C) groups is 1. The number of primary amides is 1. The van der Waals surface area contributed by atoms with Crippen LogP contribution in [0.3, 0.4) is 0 Å². The summed E-state index contributed by atoms with van der Waals surface area (Å²) >= 11 is 3.40. The van der Waals surface area contributed by atoms with Crippen molar-refractivity contribution in [2.75, 3.05) is 12.4 Å². The Kier molecular flexibility index (Phi) is 9.53.